The Morgan fingerprint density at radius 1 is 1.45 bits per heavy atom. The van der Waals surface area contributed by atoms with E-state index in [2.05, 4.69) is 6.92 Å². The van der Waals surface area contributed by atoms with Gasteiger partial charge in [0, 0.05) is 17.1 Å². The first-order valence-electron chi connectivity index (χ1n) is 6.87. The molecular formula is C16H18O4. The zero-order chi connectivity index (χ0) is 14.7. The molecule has 0 aromatic heterocycles. The number of rotatable bonds is 3. The Bertz CT molecular complexity index is 585. The molecule has 3 aliphatic carbocycles. The van der Waals surface area contributed by atoms with Crippen molar-refractivity contribution in [2.75, 3.05) is 7.11 Å². The van der Waals surface area contributed by atoms with E-state index >= 15 is 0 Å². The first-order chi connectivity index (χ1) is 9.45. The van der Waals surface area contributed by atoms with Crippen molar-refractivity contribution in [3.63, 3.8) is 0 Å². The van der Waals surface area contributed by atoms with Crippen LogP contribution in [0.25, 0.3) is 0 Å². The van der Waals surface area contributed by atoms with Crippen LogP contribution in [0.15, 0.2) is 22.8 Å². The highest BCUT2D eigenvalue weighted by molar-refractivity contribution is 5.94. The molecule has 0 amide bonds. The molecule has 20 heavy (non-hydrogen) atoms. The molecule has 4 atom stereocenters. The maximum absolute atomic E-state index is 12.0. The molecule has 3 aliphatic rings. The van der Waals surface area contributed by atoms with Crippen LogP contribution in [0, 0.1) is 22.7 Å². The molecular weight excluding hydrogens is 256 g/mol. The number of ether oxygens (including phenoxy) is 1. The van der Waals surface area contributed by atoms with E-state index in [-0.39, 0.29) is 23.2 Å². The van der Waals surface area contributed by atoms with Crippen molar-refractivity contribution in [1.82, 2.24) is 0 Å². The number of esters is 1. The van der Waals surface area contributed by atoms with Gasteiger partial charge in [-0.1, -0.05) is 18.6 Å². The molecule has 0 heterocycles. The molecule has 1 fully saturated rings. The van der Waals surface area contributed by atoms with Crippen molar-refractivity contribution in [2.24, 2.45) is 22.7 Å². The van der Waals surface area contributed by atoms with E-state index in [1.54, 1.807) is 0 Å². The van der Waals surface area contributed by atoms with Crippen molar-refractivity contribution in [2.45, 2.75) is 26.7 Å². The summed E-state index contributed by atoms with van der Waals surface area (Å²) in [4.78, 5) is 34.9. The first kappa shape index (κ1) is 13.3. The summed E-state index contributed by atoms with van der Waals surface area (Å²) >= 11 is 0. The average molecular weight is 274 g/mol. The van der Waals surface area contributed by atoms with Gasteiger partial charge >= 0.3 is 5.97 Å². The number of methoxy groups -OCH3 is 1. The maximum Gasteiger partial charge on any atom is 0.334 e. The summed E-state index contributed by atoms with van der Waals surface area (Å²) in [7, 11) is 1.37. The van der Waals surface area contributed by atoms with Crippen LogP contribution < -0.4 is 0 Å². The fourth-order valence-corrected chi connectivity index (χ4v) is 4.45. The van der Waals surface area contributed by atoms with Crippen molar-refractivity contribution < 1.29 is 19.1 Å². The molecule has 4 unspecified atom stereocenters. The molecule has 4 heteroatoms. The first-order valence-corrected chi connectivity index (χ1v) is 6.87. The Morgan fingerprint density at radius 2 is 2.15 bits per heavy atom. The standard InChI is InChI=1S/C16H18O4/c1-9-4-12-11(13(9)14(19)20-3)5-10(6-17)16(8-18)7-15(12,16)2/h5-6,8,11-12H,4,7H2,1-3H3. The van der Waals surface area contributed by atoms with Gasteiger partial charge in [-0.05, 0) is 31.1 Å². The summed E-state index contributed by atoms with van der Waals surface area (Å²) in [6, 6.07) is 0. The third-order valence-corrected chi connectivity index (χ3v) is 5.72. The van der Waals surface area contributed by atoms with E-state index < -0.39 is 5.41 Å². The Hall–Kier alpha value is -1.71. The molecule has 0 saturated heterocycles. The number of hydrogen-bond acceptors (Lipinski definition) is 4. The highest BCUT2D eigenvalue weighted by atomic mass is 16.5. The van der Waals surface area contributed by atoms with Crippen LogP contribution in [-0.2, 0) is 19.1 Å². The largest absolute Gasteiger partial charge is 0.466 e. The highest BCUT2D eigenvalue weighted by Crippen LogP contribution is 2.75. The third kappa shape index (κ3) is 1.29. The number of allylic oxidation sites excluding steroid dienone is 3. The predicted octanol–water partition coefficient (Wildman–Crippen LogP) is 1.85. The van der Waals surface area contributed by atoms with Crippen LogP contribution >= 0.6 is 0 Å². The van der Waals surface area contributed by atoms with E-state index in [0.29, 0.717) is 17.6 Å². The Labute approximate surface area is 117 Å². The topological polar surface area (TPSA) is 60.4 Å². The SMILES string of the molecule is COC(=O)C1=C(C)CC2C1C=C(C=O)C1(C=O)CC21C. The Balaban J connectivity index is 2.10. The lowest BCUT2D eigenvalue weighted by molar-refractivity contribution is -0.136. The Morgan fingerprint density at radius 3 is 2.70 bits per heavy atom. The van der Waals surface area contributed by atoms with Crippen LogP contribution in [0.4, 0.5) is 0 Å². The van der Waals surface area contributed by atoms with Gasteiger partial charge in [-0.2, -0.15) is 0 Å². The van der Waals surface area contributed by atoms with Gasteiger partial charge in [0.05, 0.1) is 12.5 Å². The fraction of sp³-hybridized carbons (Fsp3) is 0.562. The molecule has 3 rings (SSSR count). The van der Waals surface area contributed by atoms with E-state index in [9.17, 15) is 14.4 Å². The van der Waals surface area contributed by atoms with E-state index in [1.807, 2.05) is 13.0 Å². The molecule has 4 nitrogen and oxygen atoms in total. The average Bonchev–Trinajstić information content (AvgIpc) is 2.95. The second-order valence-corrected chi connectivity index (χ2v) is 6.45. The van der Waals surface area contributed by atoms with Gasteiger partial charge in [0.2, 0.25) is 0 Å². The van der Waals surface area contributed by atoms with Gasteiger partial charge in [0.25, 0.3) is 0 Å². The number of carbonyl (C=O) groups is 3. The third-order valence-electron chi connectivity index (χ3n) is 5.72. The van der Waals surface area contributed by atoms with Gasteiger partial charge in [0.15, 0.2) is 0 Å². The molecule has 106 valence electrons. The van der Waals surface area contributed by atoms with Gasteiger partial charge in [-0.25, -0.2) is 4.79 Å². The minimum atomic E-state index is -0.623. The van der Waals surface area contributed by atoms with E-state index in [1.165, 1.54) is 7.11 Å². The Kier molecular flexibility index (Phi) is 2.59. The monoisotopic (exact) mass is 274 g/mol. The molecule has 0 N–H and O–H groups in total. The van der Waals surface area contributed by atoms with Gasteiger partial charge in [-0.15, -0.1) is 0 Å². The lowest BCUT2D eigenvalue weighted by atomic mass is 9.68. The molecule has 1 saturated carbocycles. The molecule has 0 aromatic carbocycles. The summed E-state index contributed by atoms with van der Waals surface area (Å²) < 4.78 is 4.87. The normalized spacial score (nSPS) is 41.5. The smallest absolute Gasteiger partial charge is 0.334 e. The summed E-state index contributed by atoms with van der Waals surface area (Å²) in [5.41, 5.74) is 1.39. The minimum absolute atomic E-state index is 0.0942. The van der Waals surface area contributed by atoms with Crippen LogP contribution in [-0.4, -0.2) is 25.7 Å². The molecule has 0 aliphatic heterocycles. The van der Waals surface area contributed by atoms with Crippen molar-refractivity contribution in [1.29, 1.82) is 0 Å². The fourth-order valence-electron chi connectivity index (χ4n) is 4.45. The molecule has 0 aromatic rings. The lowest BCUT2D eigenvalue weighted by Crippen LogP contribution is -2.33. The van der Waals surface area contributed by atoms with Gasteiger partial charge in [0.1, 0.15) is 12.6 Å². The molecule has 0 bridgehead atoms. The number of hydrogen-bond donors (Lipinski definition) is 0. The predicted molar refractivity (Wildman–Crippen MR) is 71.7 cm³/mol. The molecule has 0 radical (unpaired) electrons. The van der Waals surface area contributed by atoms with Crippen LogP contribution in [0.1, 0.15) is 26.7 Å². The summed E-state index contributed by atoms with van der Waals surface area (Å²) in [6.07, 6.45) is 5.03. The lowest BCUT2D eigenvalue weighted by Gasteiger charge is -2.34. The van der Waals surface area contributed by atoms with Gasteiger partial charge in [-0.3, -0.25) is 4.79 Å². The summed E-state index contributed by atoms with van der Waals surface area (Å²) in [5, 5.41) is 0. The number of carbonyl (C=O) groups excluding carboxylic acids is 3. The van der Waals surface area contributed by atoms with Crippen LogP contribution in [0.5, 0.6) is 0 Å². The zero-order valence-electron chi connectivity index (χ0n) is 11.9. The van der Waals surface area contributed by atoms with Crippen LogP contribution in [0.3, 0.4) is 0 Å². The van der Waals surface area contributed by atoms with E-state index in [4.69, 9.17) is 4.74 Å². The number of aldehydes is 2. The minimum Gasteiger partial charge on any atom is -0.466 e. The van der Waals surface area contributed by atoms with Crippen molar-refractivity contribution >= 4 is 18.5 Å². The summed E-state index contributed by atoms with van der Waals surface area (Å²) in [5.74, 6) is -0.201. The second-order valence-electron chi connectivity index (χ2n) is 6.45. The molecule has 0 spiro atoms. The van der Waals surface area contributed by atoms with Gasteiger partial charge < -0.3 is 9.53 Å². The van der Waals surface area contributed by atoms with E-state index in [0.717, 1.165) is 24.6 Å². The summed E-state index contributed by atoms with van der Waals surface area (Å²) in [6.45, 7) is 4.00. The highest BCUT2D eigenvalue weighted by Gasteiger charge is 2.73. The zero-order valence-corrected chi connectivity index (χ0v) is 11.9. The number of fused-ring (bicyclic) bond motifs is 3. The maximum atomic E-state index is 12.0. The second kappa shape index (κ2) is 3.90. The van der Waals surface area contributed by atoms with Crippen LogP contribution in [0.2, 0.25) is 0 Å². The quantitative estimate of drug-likeness (QED) is 0.582. The van der Waals surface area contributed by atoms with Crippen molar-refractivity contribution in [3.05, 3.63) is 22.8 Å². The van der Waals surface area contributed by atoms with Crippen molar-refractivity contribution in [3.8, 4) is 0 Å².